The van der Waals surface area contributed by atoms with Gasteiger partial charge in [0.25, 0.3) is 0 Å². The molecule has 0 aliphatic carbocycles. The highest BCUT2D eigenvalue weighted by Gasteiger charge is 2.08. The first kappa shape index (κ1) is 15.8. The van der Waals surface area contributed by atoms with E-state index in [0.717, 1.165) is 19.4 Å². The van der Waals surface area contributed by atoms with E-state index < -0.39 is 0 Å². The van der Waals surface area contributed by atoms with Gasteiger partial charge in [-0.2, -0.15) is 0 Å². The van der Waals surface area contributed by atoms with E-state index in [1.54, 1.807) is 4.90 Å². The Hall–Kier alpha value is -0.240. The van der Waals surface area contributed by atoms with Gasteiger partial charge < -0.3 is 4.90 Å². The molecule has 16 heavy (non-hydrogen) atoms. The first-order valence-electron chi connectivity index (χ1n) is 6.46. The Balaban J connectivity index is 3.47. The number of amides is 1. The van der Waals surface area contributed by atoms with Gasteiger partial charge in [0.05, 0.1) is 0 Å². The van der Waals surface area contributed by atoms with Gasteiger partial charge in [-0.3, -0.25) is 4.79 Å². The molecule has 0 N–H and O–H groups in total. The third kappa shape index (κ3) is 9.02. The largest absolute Gasteiger partial charge is 0.346 e. The van der Waals surface area contributed by atoms with Crippen LogP contribution in [0.5, 0.6) is 0 Å². The van der Waals surface area contributed by atoms with Gasteiger partial charge in [-0.05, 0) is 19.8 Å². The van der Waals surface area contributed by atoms with Gasteiger partial charge in [-0.25, -0.2) is 0 Å². The first-order chi connectivity index (χ1) is 7.57. The quantitative estimate of drug-likeness (QED) is 0.448. The maximum absolute atomic E-state index is 11.7. The van der Waals surface area contributed by atoms with Crippen molar-refractivity contribution in [1.82, 2.24) is 4.90 Å². The van der Waals surface area contributed by atoms with E-state index in [1.165, 1.54) is 25.7 Å². The van der Waals surface area contributed by atoms with E-state index in [2.05, 4.69) is 6.92 Å². The SMILES string of the molecule is CCCCCCCC(=O)N(C)CCC(C)Cl. The summed E-state index contributed by atoms with van der Waals surface area (Å²) in [5.41, 5.74) is 0. The average Bonchev–Trinajstić information content (AvgIpc) is 2.25. The Morgan fingerprint density at radius 2 is 1.88 bits per heavy atom. The third-order valence-electron chi connectivity index (χ3n) is 2.78. The van der Waals surface area contributed by atoms with Gasteiger partial charge in [0.2, 0.25) is 5.91 Å². The highest BCUT2D eigenvalue weighted by Crippen LogP contribution is 2.07. The van der Waals surface area contributed by atoms with Gasteiger partial charge in [0.1, 0.15) is 0 Å². The normalized spacial score (nSPS) is 12.5. The molecule has 0 aliphatic rings. The zero-order valence-electron chi connectivity index (χ0n) is 11.0. The van der Waals surface area contributed by atoms with Gasteiger partial charge in [0, 0.05) is 25.4 Å². The van der Waals surface area contributed by atoms with Crippen LogP contribution in [0.1, 0.15) is 58.8 Å². The van der Waals surface area contributed by atoms with E-state index in [1.807, 2.05) is 14.0 Å². The highest BCUT2D eigenvalue weighted by molar-refractivity contribution is 6.20. The lowest BCUT2D eigenvalue weighted by Gasteiger charge is -2.17. The second kappa shape index (κ2) is 9.95. The molecular weight excluding hydrogens is 222 g/mol. The number of rotatable bonds is 9. The van der Waals surface area contributed by atoms with Crippen LogP contribution in [0.25, 0.3) is 0 Å². The first-order valence-corrected chi connectivity index (χ1v) is 6.89. The van der Waals surface area contributed by atoms with Crippen LogP contribution >= 0.6 is 11.6 Å². The van der Waals surface area contributed by atoms with Crippen molar-refractivity contribution < 1.29 is 4.79 Å². The van der Waals surface area contributed by atoms with Crippen LogP contribution < -0.4 is 0 Å². The van der Waals surface area contributed by atoms with E-state index in [-0.39, 0.29) is 11.3 Å². The van der Waals surface area contributed by atoms with Crippen molar-refractivity contribution in [1.29, 1.82) is 0 Å². The summed E-state index contributed by atoms with van der Waals surface area (Å²) in [5.74, 6) is 0.258. The third-order valence-corrected chi connectivity index (χ3v) is 3.00. The van der Waals surface area contributed by atoms with Crippen LogP contribution in [-0.4, -0.2) is 29.8 Å². The smallest absolute Gasteiger partial charge is 0.222 e. The molecule has 1 amide bonds. The van der Waals surface area contributed by atoms with Crippen molar-refractivity contribution in [3.8, 4) is 0 Å². The molecular formula is C13H26ClNO. The van der Waals surface area contributed by atoms with Crippen LogP contribution in [0.3, 0.4) is 0 Å². The molecule has 96 valence electrons. The predicted octanol–water partition coefficient (Wildman–Crippen LogP) is 3.82. The molecule has 3 heteroatoms. The van der Waals surface area contributed by atoms with Crippen molar-refractivity contribution in [2.75, 3.05) is 13.6 Å². The summed E-state index contributed by atoms with van der Waals surface area (Å²) in [6.45, 7) is 4.94. The topological polar surface area (TPSA) is 20.3 Å². The van der Waals surface area contributed by atoms with Crippen molar-refractivity contribution in [3.05, 3.63) is 0 Å². The molecule has 0 rings (SSSR count). The standard InChI is InChI=1S/C13H26ClNO/c1-4-5-6-7-8-9-13(16)15(3)11-10-12(2)14/h12H,4-11H2,1-3H3. The fourth-order valence-corrected chi connectivity index (χ4v) is 1.66. The zero-order valence-corrected chi connectivity index (χ0v) is 11.7. The number of nitrogens with zero attached hydrogens (tertiary/aromatic N) is 1. The minimum absolute atomic E-state index is 0.153. The molecule has 0 saturated heterocycles. The number of hydrogen-bond donors (Lipinski definition) is 0. The Bertz CT molecular complexity index is 183. The van der Waals surface area contributed by atoms with Gasteiger partial charge >= 0.3 is 0 Å². The Kier molecular flexibility index (Phi) is 9.80. The number of carbonyl (C=O) groups excluding carboxylic acids is 1. The number of unbranched alkanes of at least 4 members (excludes halogenated alkanes) is 4. The molecule has 2 nitrogen and oxygen atoms in total. The van der Waals surface area contributed by atoms with Crippen LogP contribution in [0.15, 0.2) is 0 Å². The molecule has 0 spiro atoms. The summed E-state index contributed by atoms with van der Waals surface area (Å²) in [4.78, 5) is 13.5. The summed E-state index contributed by atoms with van der Waals surface area (Å²) in [6.07, 6.45) is 7.57. The monoisotopic (exact) mass is 247 g/mol. The minimum Gasteiger partial charge on any atom is -0.346 e. The lowest BCUT2D eigenvalue weighted by molar-refractivity contribution is -0.130. The van der Waals surface area contributed by atoms with Crippen LogP contribution in [0, 0.1) is 0 Å². The zero-order chi connectivity index (χ0) is 12.4. The molecule has 0 bridgehead atoms. The van der Waals surface area contributed by atoms with Crippen LogP contribution in [0.4, 0.5) is 0 Å². The van der Waals surface area contributed by atoms with Crippen molar-refractivity contribution >= 4 is 17.5 Å². The maximum atomic E-state index is 11.7. The Morgan fingerprint density at radius 3 is 2.44 bits per heavy atom. The van der Waals surface area contributed by atoms with E-state index >= 15 is 0 Å². The second-order valence-electron chi connectivity index (χ2n) is 4.55. The summed E-state index contributed by atoms with van der Waals surface area (Å²) < 4.78 is 0. The van der Waals surface area contributed by atoms with Gasteiger partial charge in [0.15, 0.2) is 0 Å². The van der Waals surface area contributed by atoms with Gasteiger partial charge in [-0.1, -0.05) is 32.6 Å². The Labute approximate surface area is 105 Å². The molecule has 1 atom stereocenters. The van der Waals surface area contributed by atoms with E-state index in [0.29, 0.717) is 6.42 Å². The molecule has 0 fully saturated rings. The number of halogens is 1. The second-order valence-corrected chi connectivity index (χ2v) is 5.29. The molecule has 0 aromatic carbocycles. The lowest BCUT2D eigenvalue weighted by Crippen LogP contribution is -2.28. The molecule has 0 aromatic rings. The fraction of sp³-hybridized carbons (Fsp3) is 0.923. The molecule has 0 aliphatic heterocycles. The van der Waals surface area contributed by atoms with Crippen molar-refractivity contribution in [3.63, 3.8) is 0 Å². The maximum Gasteiger partial charge on any atom is 0.222 e. The van der Waals surface area contributed by atoms with Gasteiger partial charge in [-0.15, -0.1) is 11.6 Å². The summed E-state index contributed by atoms with van der Waals surface area (Å²) in [5, 5.41) is 0.153. The molecule has 0 radical (unpaired) electrons. The van der Waals surface area contributed by atoms with E-state index in [4.69, 9.17) is 11.6 Å². The van der Waals surface area contributed by atoms with Crippen molar-refractivity contribution in [2.45, 2.75) is 64.2 Å². The Morgan fingerprint density at radius 1 is 1.25 bits per heavy atom. The molecule has 0 heterocycles. The molecule has 0 saturated carbocycles. The molecule has 0 aromatic heterocycles. The van der Waals surface area contributed by atoms with Crippen LogP contribution in [-0.2, 0) is 4.79 Å². The minimum atomic E-state index is 0.153. The van der Waals surface area contributed by atoms with Crippen molar-refractivity contribution in [2.24, 2.45) is 0 Å². The molecule has 1 unspecified atom stereocenters. The summed E-state index contributed by atoms with van der Waals surface area (Å²) >= 11 is 5.85. The van der Waals surface area contributed by atoms with Crippen LogP contribution in [0.2, 0.25) is 0 Å². The number of carbonyl (C=O) groups is 1. The number of alkyl halides is 1. The average molecular weight is 248 g/mol. The fourth-order valence-electron chi connectivity index (χ4n) is 1.57. The predicted molar refractivity (Wildman–Crippen MR) is 70.9 cm³/mol. The highest BCUT2D eigenvalue weighted by atomic mass is 35.5. The summed E-state index contributed by atoms with van der Waals surface area (Å²) in [6, 6.07) is 0. The summed E-state index contributed by atoms with van der Waals surface area (Å²) in [7, 11) is 1.87. The number of hydrogen-bond acceptors (Lipinski definition) is 1. The lowest BCUT2D eigenvalue weighted by atomic mass is 10.1. The van der Waals surface area contributed by atoms with E-state index in [9.17, 15) is 4.79 Å².